The van der Waals surface area contributed by atoms with Crippen LogP contribution in [-0.2, 0) is 4.79 Å². The Labute approximate surface area is 96.8 Å². The molecule has 1 saturated heterocycles. The zero-order valence-electron chi connectivity index (χ0n) is 9.13. The van der Waals surface area contributed by atoms with Crippen LogP contribution in [-0.4, -0.2) is 36.1 Å². The molecule has 0 saturated carbocycles. The second kappa shape index (κ2) is 4.18. The van der Waals surface area contributed by atoms with Crippen LogP contribution < -0.4 is 5.73 Å². The van der Waals surface area contributed by atoms with E-state index in [1.165, 1.54) is 0 Å². The van der Waals surface area contributed by atoms with Crippen LogP contribution >= 0.6 is 0 Å². The summed E-state index contributed by atoms with van der Waals surface area (Å²) in [5.74, 6) is -1.77. The predicted molar refractivity (Wildman–Crippen MR) is 56.0 cm³/mol. The van der Waals surface area contributed by atoms with Crippen molar-refractivity contribution >= 4 is 5.91 Å². The average Bonchev–Trinajstić information content (AvgIpc) is 2.25. The van der Waals surface area contributed by atoms with Gasteiger partial charge in [-0.15, -0.1) is 0 Å². The number of carbonyl (C=O) groups excluding carboxylic acids is 1. The van der Waals surface area contributed by atoms with Crippen molar-refractivity contribution in [1.29, 1.82) is 0 Å². The zero-order chi connectivity index (χ0) is 12.6. The number of fused-ring (bicyclic) bond motifs is 1. The molecule has 0 radical (unpaired) electrons. The van der Waals surface area contributed by atoms with Gasteiger partial charge in [0.15, 0.2) is 0 Å². The number of nitrogens with two attached hydrogens (primary N) is 1. The summed E-state index contributed by atoms with van der Waals surface area (Å²) in [6.07, 6.45) is 0.103. The molecule has 1 aliphatic carbocycles. The standard InChI is InChI=1S/C11H13F3N2O/c12-11(13,14)10(17)16-4-3-7-1-2-9(15)5-8(7)6-16/h1,5,9H,2-4,6,15H2. The largest absolute Gasteiger partial charge is 0.471 e. The van der Waals surface area contributed by atoms with Gasteiger partial charge in [0.1, 0.15) is 0 Å². The van der Waals surface area contributed by atoms with Crippen molar-refractivity contribution in [2.45, 2.75) is 25.1 Å². The van der Waals surface area contributed by atoms with Crippen molar-refractivity contribution < 1.29 is 18.0 Å². The molecule has 1 heterocycles. The molecule has 1 aliphatic heterocycles. The molecule has 2 aliphatic rings. The van der Waals surface area contributed by atoms with Crippen molar-refractivity contribution in [1.82, 2.24) is 4.90 Å². The summed E-state index contributed by atoms with van der Waals surface area (Å²) in [6, 6.07) is -0.158. The van der Waals surface area contributed by atoms with Gasteiger partial charge in [-0.05, 0) is 24.0 Å². The molecule has 0 aromatic rings. The fourth-order valence-corrected chi connectivity index (χ4v) is 2.15. The molecule has 0 spiro atoms. The van der Waals surface area contributed by atoms with Gasteiger partial charge in [-0.25, -0.2) is 0 Å². The molecule has 17 heavy (non-hydrogen) atoms. The van der Waals surface area contributed by atoms with Crippen molar-refractivity contribution in [3.63, 3.8) is 0 Å². The average molecular weight is 246 g/mol. The van der Waals surface area contributed by atoms with E-state index in [4.69, 9.17) is 5.73 Å². The maximum absolute atomic E-state index is 12.3. The number of amides is 1. The first-order valence-corrected chi connectivity index (χ1v) is 5.39. The fraction of sp³-hybridized carbons (Fsp3) is 0.545. The number of hydrogen-bond donors (Lipinski definition) is 1. The molecule has 2 rings (SSSR count). The van der Waals surface area contributed by atoms with Crippen LogP contribution in [0.1, 0.15) is 12.8 Å². The maximum Gasteiger partial charge on any atom is 0.471 e. The van der Waals surface area contributed by atoms with E-state index in [2.05, 4.69) is 0 Å². The Hall–Kier alpha value is -1.30. The topological polar surface area (TPSA) is 46.3 Å². The molecule has 6 heteroatoms. The van der Waals surface area contributed by atoms with Gasteiger partial charge in [-0.2, -0.15) is 13.2 Å². The fourth-order valence-electron chi connectivity index (χ4n) is 2.15. The molecule has 2 N–H and O–H groups in total. The third-order valence-electron chi connectivity index (χ3n) is 3.01. The number of alkyl halides is 3. The Morgan fingerprint density at radius 1 is 1.41 bits per heavy atom. The van der Waals surface area contributed by atoms with Crippen LogP contribution in [0.2, 0.25) is 0 Å². The van der Waals surface area contributed by atoms with Crippen LogP contribution in [0.4, 0.5) is 13.2 Å². The normalized spacial score (nSPS) is 24.9. The third-order valence-corrected chi connectivity index (χ3v) is 3.01. The van der Waals surface area contributed by atoms with Crippen molar-refractivity contribution in [2.24, 2.45) is 5.73 Å². The molecule has 1 amide bonds. The summed E-state index contributed by atoms with van der Waals surface area (Å²) in [7, 11) is 0. The van der Waals surface area contributed by atoms with E-state index in [9.17, 15) is 18.0 Å². The number of nitrogens with zero attached hydrogens (tertiary/aromatic N) is 1. The summed E-state index contributed by atoms with van der Waals surface area (Å²) in [5, 5.41) is 0. The highest BCUT2D eigenvalue weighted by Crippen LogP contribution is 2.29. The Morgan fingerprint density at radius 3 is 2.76 bits per heavy atom. The van der Waals surface area contributed by atoms with Gasteiger partial charge in [0.25, 0.3) is 0 Å². The number of rotatable bonds is 0. The smallest absolute Gasteiger partial charge is 0.330 e. The monoisotopic (exact) mass is 246 g/mol. The third kappa shape index (κ3) is 2.52. The van der Waals surface area contributed by atoms with Gasteiger partial charge in [-0.3, -0.25) is 4.79 Å². The SMILES string of the molecule is NC1C=C2CN(C(=O)C(F)(F)F)CCC2=CC1. The number of halogens is 3. The zero-order valence-corrected chi connectivity index (χ0v) is 9.13. The van der Waals surface area contributed by atoms with Crippen LogP contribution in [0.5, 0.6) is 0 Å². The molecular weight excluding hydrogens is 233 g/mol. The summed E-state index contributed by atoms with van der Waals surface area (Å²) >= 11 is 0. The highest BCUT2D eigenvalue weighted by molar-refractivity contribution is 5.82. The van der Waals surface area contributed by atoms with Crippen LogP contribution in [0.3, 0.4) is 0 Å². The first-order chi connectivity index (χ1) is 7.88. The first kappa shape index (κ1) is 12.2. The number of likely N-dealkylation sites (tertiary alicyclic amines) is 1. The minimum absolute atomic E-state index is 0.0118. The molecule has 0 aromatic carbocycles. The van der Waals surface area contributed by atoms with Crippen LogP contribution in [0.15, 0.2) is 23.3 Å². The summed E-state index contributed by atoms with van der Waals surface area (Å²) < 4.78 is 36.9. The van der Waals surface area contributed by atoms with E-state index in [0.717, 1.165) is 16.0 Å². The lowest BCUT2D eigenvalue weighted by Gasteiger charge is -2.33. The molecule has 1 atom stereocenters. The van der Waals surface area contributed by atoms with Crippen molar-refractivity contribution in [3.8, 4) is 0 Å². The lowest BCUT2D eigenvalue weighted by Crippen LogP contribution is -2.45. The molecule has 0 bridgehead atoms. The maximum atomic E-state index is 12.3. The van der Waals surface area contributed by atoms with Crippen LogP contribution in [0.25, 0.3) is 0 Å². The molecular formula is C11H13F3N2O. The highest BCUT2D eigenvalue weighted by Gasteiger charge is 2.43. The first-order valence-electron chi connectivity index (χ1n) is 5.39. The Morgan fingerprint density at radius 2 is 2.12 bits per heavy atom. The summed E-state index contributed by atoms with van der Waals surface area (Å²) in [5.41, 5.74) is 7.49. The van der Waals surface area contributed by atoms with Gasteiger partial charge >= 0.3 is 12.1 Å². The number of piperidine rings is 1. The Kier molecular flexibility index (Phi) is 2.99. The molecule has 3 nitrogen and oxygen atoms in total. The van der Waals surface area contributed by atoms with E-state index >= 15 is 0 Å². The van der Waals surface area contributed by atoms with E-state index in [1.54, 1.807) is 6.08 Å². The number of hydrogen-bond acceptors (Lipinski definition) is 2. The highest BCUT2D eigenvalue weighted by atomic mass is 19.4. The van der Waals surface area contributed by atoms with E-state index in [-0.39, 0.29) is 19.1 Å². The Balaban J connectivity index is 2.12. The minimum atomic E-state index is -4.79. The minimum Gasteiger partial charge on any atom is -0.330 e. The molecule has 1 fully saturated rings. The van der Waals surface area contributed by atoms with E-state index < -0.39 is 12.1 Å². The molecule has 94 valence electrons. The Bertz CT molecular complexity index is 398. The summed E-state index contributed by atoms with van der Waals surface area (Å²) in [6.45, 7) is 0.134. The van der Waals surface area contributed by atoms with E-state index in [1.807, 2.05) is 6.08 Å². The van der Waals surface area contributed by atoms with Gasteiger partial charge in [0, 0.05) is 19.1 Å². The predicted octanol–water partition coefficient (Wildman–Crippen LogP) is 1.36. The lowest BCUT2D eigenvalue weighted by atomic mass is 9.90. The molecule has 0 aromatic heterocycles. The second-order valence-electron chi connectivity index (χ2n) is 4.30. The lowest BCUT2D eigenvalue weighted by molar-refractivity contribution is -0.185. The van der Waals surface area contributed by atoms with Gasteiger partial charge in [0.2, 0.25) is 0 Å². The van der Waals surface area contributed by atoms with Crippen molar-refractivity contribution in [3.05, 3.63) is 23.3 Å². The van der Waals surface area contributed by atoms with Crippen molar-refractivity contribution in [2.75, 3.05) is 13.1 Å². The second-order valence-corrected chi connectivity index (χ2v) is 4.30. The number of carbonyl (C=O) groups is 1. The van der Waals surface area contributed by atoms with E-state index in [0.29, 0.717) is 12.8 Å². The van der Waals surface area contributed by atoms with Gasteiger partial charge < -0.3 is 10.6 Å². The van der Waals surface area contributed by atoms with Gasteiger partial charge in [-0.1, -0.05) is 12.2 Å². The molecule has 1 unspecified atom stereocenters. The van der Waals surface area contributed by atoms with Gasteiger partial charge in [0.05, 0.1) is 0 Å². The quantitative estimate of drug-likeness (QED) is 0.701. The van der Waals surface area contributed by atoms with Crippen LogP contribution in [0, 0.1) is 0 Å². The summed E-state index contributed by atoms with van der Waals surface area (Å²) in [4.78, 5) is 11.9.